The molecule has 2 aromatic carbocycles. The Labute approximate surface area is 178 Å². The summed E-state index contributed by atoms with van der Waals surface area (Å²) < 4.78 is 31.7. The van der Waals surface area contributed by atoms with Gasteiger partial charge in [0.2, 0.25) is 5.91 Å². The number of benzene rings is 2. The molecule has 0 heterocycles. The first-order valence-corrected chi connectivity index (χ1v) is 10.2. The van der Waals surface area contributed by atoms with Gasteiger partial charge in [0.1, 0.15) is 30.2 Å². The zero-order valence-electron chi connectivity index (χ0n) is 16.3. The van der Waals surface area contributed by atoms with E-state index in [-0.39, 0.29) is 40.1 Å². The SMILES string of the molecule is O=C(NCCc1ccc(F)cc1)C12CC(NC(O)COc3ccc(Cl)c(F)c3)(C1)C2. The van der Waals surface area contributed by atoms with Crippen molar-refractivity contribution in [2.45, 2.75) is 37.5 Å². The average molecular weight is 437 g/mol. The highest BCUT2D eigenvalue weighted by atomic mass is 35.5. The molecule has 3 aliphatic rings. The number of carbonyl (C=O) groups excluding carboxylic acids is 1. The van der Waals surface area contributed by atoms with Crippen molar-refractivity contribution in [3.8, 4) is 5.75 Å². The van der Waals surface area contributed by atoms with Crippen LogP contribution in [-0.4, -0.2) is 35.9 Å². The minimum absolute atomic E-state index is 0.0103. The van der Waals surface area contributed by atoms with E-state index in [2.05, 4.69) is 10.6 Å². The lowest BCUT2D eigenvalue weighted by molar-refractivity contribution is -0.190. The quantitative estimate of drug-likeness (QED) is 0.528. The third kappa shape index (κ3) is 4.29. The molecule has 3 saturated carbocycles. The summed E-state index contributed by atoms with van der Waals surface area (Å²) in [6, 6.07) is 10.3. The van der Waals surface area contributed by atoms with Gasteiger partial charge in [0.15, 0.2) is 0 Å². The van der Waals surface area contributed by atoms with Gasteiger partial charge in [0, 0.05) is 18.2 Å². The number of carbonyl (C=O) groups is 1. The second-order valence-corrected chi connectivity index (χ2v) is 8.68. The summed E-state index contributed by atoms with van der Waals surface area (Å²) in [5.41, 5.74) is 0.356. The molecular weight excluding hydrogens is 414 g/mol. The van der Waals surface area contributed by atoms with Gasteiger partial charge < -0.3 is 15.2 Å². The van der Waals surface area contributed by atoms with Crippen molar-refractivity contribution in [2.75, 3.05) is 13.2 Å². The molecule has 5 nitrogen and oxygen atoms in total. The molecule has 2 aromatic rings. The first-order chi connectivity index (χ1) is 14.3. The van der Waals surface area contributed by atoms with Crippen molar-refractivity contribution >= 4 is 17.5 Å². The Hall–Kier alpha value is -2.22. The zero-order valence-corrected chi connectivity index (χ0v) is 17.0. The molecule has 0 radical (unpaired) electrons. The van der Waals surface area contributed by atoms with Crippen LogP contribution in [0.25, 0.3) is 0 Å². The highest BCUT2D eigenvalue weighted by Crippen LogP contribution is 2.67. The lowest BCUT2D eigenvalue weighted by atomic mass is 9.39. The molecule has 0 saturated heterocycles. The maximum Gasteiger partial charge on any atom is 0.226 e. The molecule has 3 aliphatic carbocycles. The summed E-state index contributed by atoms with van der Waals surface area (Å²) in [6.45, 7) is 0.459. The van der Waals surface area contributed by atoms with Crippen molar-refractivity contribution in [1.29, 1.82) is 0 Å². The van der Waals surface area contributed by atoms with Gasteiger partial charge in [-0.05, 0) is 55.5 Å². The van der Waals surface area contributed by atoms with Crippen molar-refractivity contribution < 1.29 is 23.4 Å². The fraction of sp³-hybridized carbons (Fsp3) is 0.409. The van der Waals surface area contributed by atoms with Crippen molar-refractivity contribution in [1.82, 2.24) is 10.6 Å². The molecule has 0 aromatic heterocycles. The van der Waals surface area contributed by atoms with Crippen LogP contribution in [0.1, 0.15) is 24.8 Å². The first kappa shape index (κ1) is 21.0. The fourth-order valence-corrected chi connectivity index (χ4v) is 4.60. The van der Waals surface area contributed by atoms with Crippen LogP contribution in [0, 0.1) is 17.0 Å². The number of rotatable bonds is 9. The van der Waals surface area contributed by atoms with Crippen molar-refractivity contribution in [2.24, 2.45) is 5.41 Å². The molecule has 2 bridgehead atoms. The molecule has 8 heteroatoms. The maximum atomic E-state index is 13.4. The first-order valence-electron chi connectivity index (χ1n) is 9.86. The summed E-state index contributed by atoms with van der Waals surface area (Å²) in [5, 5.41) is 16.3. The molecule has 1 atom stereocenters. The Morgan fingerprint density at radius 1 is 1.17 bits per heavy atom. The summed E-state index contributed by atoms with van der Waals surface area (Å²) in [5.74, 6) is -0.547. The molecule has 30 heavy (non-hydrogen) atoms. The van der Waals surface area contributed by atoms with Crippen LogP contribution in [0.15, 0.2) is 42.5 Å². The van der Waals surface area contributed by atoms with Crippen LogP contribution in [0.4, 0.5) is 8.78 Å². The van der Waals surface area contributed by atoms with Gasteiger partial charge in [0.05, 0.1) is 10.4 Å². The Balaban J connectivity index is 1.17. The van der Waals surface area contributed by atoms with Crippen LogP contribution >= 0.6 is 11.6 Å². The normalized spacial score (nSPS) is 25.1. The number of hydrogen-bond acceptors (Lipinski definition) is 4. The van der Waals surface area contributed by atoms with Gasteiger partial charge in [-0.3, -0.25) is 10.1 Å². The monoisotopic (exact) mass is 436 g/mol. The number of ether oxygens (including phenoxy) is 1. The van der Waals surface area contributed by atoms with Crippen LogP contribution < -0.4 is 15.4 Å². The Morgan fingerprint density at radius 3 is 2.53 bits per heavy atom. The molecule has 3 N–H and O–H groups in total. The highest BCUT2D eigenvalue weighted by Gasteiger charge is 2.71. The third-order valence-corrected chi connectivity index (χ3v) is 6.20. The van der Waals surface area contributed by atoms with E-state index in [1.807, 2.05) is 0 Å². The summed E-state index contributed by atoms with van der Waals surface area (Å²) >= 11 is 5.63. The van der Waals surface area contributed by atoms with Gasteiger partial charge in [-0.25, -0.2) is 8.78 Å². The van der Waals surface area contributed by atoms with Crippen LogP contribution in [0.5, 0.6) is 5.75 Å². The Morgan fingerprint density at radius 2 is 1.87 bits per heavy atom. The second kappa shape index (κ2) is 8.13. The van der Waals surface area contributed by atoms with E-state index in [4.69, 9.17) is 16.3 Å². The number of amides is 1. The predicted molar refractivity (Wildman–Crippen MR) is 108 cm³/mol. The summed E-state index contributed by atoms with van der Waals surface area (Å²) in [4.78, 5) is 12.5. The molecule has 1 unspecified atom stereocenters. The van der Waals surface area contributed by atoms with E-state index < -0.39 is 12.0 Å². The van der Waals surface area contributed by atoms with E-state index in [1.54, 1.807) is 12.1 Å². The number of nitrogens with one attached hydrogen (secondary N) is 2. The van der Waals surface area contributed by atoms with Gasteiger partial charge in [-0.15, -0.1) is 0 Å². The smallest absolute Gasteiger partial charge is 0.226 e. The number of aliphatic hydroxyl groups excluding tert-OH is 1. The molecular formula is C22H23ClF2N2O3. The summed E-state index contributed by atoms with van der Waals surface area (Å²) in [7, 11) is 0. The van der Waals surface area contributed by atoms with Gasteiger partial charge >= 0.3 is 0 Å². The molecule has 1 amide bonds. The standard InChI is InChI=1S/C22H23ClF2N2O3/c23-17-6-5-16(9-18(17)25)30-10-19(28)27-22-11-21(12-22,13-22)20(29)26-8-7-14-1-3-15(24)4-2-14/h1-6,9,19,27-28H,7-8,10-13H2,(H,26,29). The van der Waals surface area contributed by atoms with Gasteiger partial charge in [0.25, 0.3) is 0 Å². The molecule has 160 valence electrons. The lowest BCUT2D eigenvalue weighted by Gasteiger charge is -2.69. The van der Waals surface area contributed by atoms with E-state index in [0.717, 1.165) is 5.56 Å². The topological polar surface area (TPSA) is 70.6 Å². The minimum atomic E-state index is -0.927. The maximum absolute atomic E-state index is 13.4. The van der Waals surface area contributed by atoms with Crippen LogP contribution in [0.2, 0.25) is 5.02 Å². The van der Waals surface area contributed by atoms with Crippen molar-refractivity contribution in [3.05, 3.63) is 64.7 Å². The molecule has 0 spiro atoms. The number of halogens is 3. The van der Waals surface area contributed by atoms with Crippen LogP contribution in [-0.2, 0) is 11.2 Å². The minimum Gasteiger partial charge on any atom is -0.489 e. The average Bonchev–Trinajstić information content (AvgIpc) is 2.66. The number of hydrogen-bond donors (Lipinski definition) is 3. The summed E-state index contributed by atoms with van der Waals surface area (Å²) in [6.07, 6.45) is 1.70. The second-order valence-electron chi connectivity index (χ2n) is 8.27. The molecule has 0 aliphatic heterocycles. The van der Waals surface area contributed by atoms with Crippen molar-refractivity contribution in [3.63, 3.8) is 0 Å². The van der Waals surface area contributed by atoms with E-state index >= 15 is 0 Å². The Bertz CT molecular complexity index is 919. The predicted octanol–water partition coefficient (Wildman–Crippen LogP) is 3.19. The fourth-order valence-electron chi connectivity index (χ4n) is 4.48. The highest BCUT2D eigenvalue weighted by molar-refractivity contribution is 6.30. The van der Waals surface area contributed by atoms with E-state index in [9.17, 15) is 18.7 Å². The largest absolute Gasteiger partial charge is 0.489 e. The van der Waals surface area contributed by atoms with Crippen LogP contribution in [0.3, 0.4) is 0 Å². The Kier molecular flexibility index (Phi) is 5.70. The van der Waals surface area contributed by atoms with Gasteiger partial charge in [-0.2, -0.15) is 0 Å². The van der Waals surface area contributed by atoms with Gasteiger partial charge in [-0.1, -0.05) is 23.7 Å². The van der Waals surface area contributed by atoms with E-state index in [1.165, 1.54) is 30.3 Å². The molecule has 5 rings (SSSR count). The molecule has 3 fully saturated rings. The third-order valence-electron chi connectivity index (χ3n) is 5.90. The zero-order chi connectivity index (χ0) is 21.4. The van der Waals surface area contributed by atoms with E-state index in [0.29, 0.717) is 32.2 Å². The lowest BCUT2D eigenvalue weighted by Crippen LogP contribution is -2.79. The number of aliphatic hydroxyl groups is 1.